The Morgan fingerprint density at radius 1 is 1.28 bits per heavy atom. The quantitative estimate of drug-likeness (QED) is 0.879. The highest BCUT2D eigenvalue weighted by Gasteiger charge is 2.14. The van der Waals surface area contributed by atoms with Gasteiger partial charge in [0, 0.05) is 18.7 Å². The first-order chi connectivity index (χ1) is 8.65. The first kappa shape index (κ1) is 13.6. The number of nitriles is 1. The molecule has 6 nitrogen and oxygen atoms in total. The topological polar surface area (TPSA) is 80.6 Å². The second-order valence-electron chi connectivity index (χ2n) is 3.24. The molecule has 0 aliphatic carbocycles. The number of carbonyl (C=O) groups excluding carboxylic acids is 1. The molecule has 0 heterocycles. The summed E-state index contributed by atoms with van der Waals surface area (Å²) < 4.78 is 15.1. The number of nitrogens with one attached hydrogen (secondary N) is 1. The minimum atomic E-state index is -0.624. The van der Waals surface area contributed by atoms with Gasteiger partial charge >= 0.3 is 6.09 Å². The molecular weight excluding hydrogens is 236 g/mol. The second kappa shape index (κ2) is 6.35. The Kier molecular flexibility index (Phi) is 4.81. The lowest BCUT2D eigenvalue weighted by Gasteiger charge is -2.11. The molecule has 1 aromatic rings. The molecule has 96 valence electrons. The molecule has 18 heavy (non-hydrogen) atoms. The van der Waals surface area contributed by atoms with E-state index in [1.807, 2.05) is 6.07 Å². The fraction of sp³-hybridized carbons (Fsp3) is 0.333. The SMILES string of the molecule is CCNC(=O)Oc1cc(OC)c(OC)cc1C#N. The first-order valence-electron chi connectivity index (χ1n) is 5.28. The Balaban J connectivity index is 3.10. The van der Waals surface area contributed by atoms with E-state index in [2.05, 4.69) is 5.32 Å². The molecule has 0 spiro atoms. The van der Waals surface area contributed by atoms with Crippen molar-refractivity contribution in [3.8, 4) is 23.3 Å². The summed E-state index contributed by atoms with van der Waals surface area (Å²) in [5, 5.41) is 11.5. The highest BCUT2D eigenvalue weighted by Crippen LogP contribution is 2.34. The number of amides is 1. The van der Waals surface area contributed by atoms with Gasteiger partial charge in [0.25, 0.3) is 0 Å². The molecule has 0 unspecified atom stereocenters. The maximum absolute atomic E-state index is 11.3. The van der Waals surface area contributed by atoms with Crippen molar-refractivity contribution in [3.63, 3.8) is 0 Å². The van der Waals surface area contributed by atoms with Crippen LogP contribution >= 0.6 is 0 Å². The highest BCUT2D eigenvalue weighted by molar-refractivity contribution is 5.72. The predicted octanol–water partition coefficient (Wildman–Crippen LogP) is 1.68. The Morgan fingerprint density at radius 3 is 2.39 bits per heavy atom. The van der Waals surface area contributed by atoms with Crippen LogP contribution in [0.5, 0.6) is 17.2 Å². The Hall–Kier alpha value is -2.42. The molecule has 0 saturated carbocycles. The van der Waals surface area contributed by atoms with Gasteiger partial charge in [-0.25, -0.2) is 4.79 Å². The van der Waals surface area contributed by atoms with Crippen molar-refractivity contribution < 1.29 is 19.0 Å². The molecule has 0 aliphatic rings. The average Bonchev–Trinajstić information content (AvgIpc) is 2.38. The first-order valence-corrected chi connectivity index (χ1v) is 5.28. The number of rotatable bonds is 4. The fourth-order valence-corrected chi connectivity index (χ4v) is 1.31. The smallest absolute Gasteiger partial charge is 0.412 e. The lowest BCUT2D eigenvalue weighted by molar-refractivity contribution is 0.200. The minimum Gasteiger partial charge on any atom is -0.493 e. The Labute approximate surface area is 105 Å². The van der Waals surface area contributed by atoms with Gasteiger partial charge in [0.2, 0.25) is 0 Å². The summed E-state index contributed by atoms with van der Waals surface area (Å²) in [7, 11) is 2.92. The zero-order valence-corrected chi connectivity index (χ0v) is 10.4. The van der Waals surface area contributed by atoms with Gasteiger partial charge in [-0.2, -0.15) is 5.26 Å². The van der Waals surface area contributed by atoms with Crippen LogP contribution in [0.25, 0.3) is 0 Å². The number of ether oxygens (including phenoxy) is 3. The normalized spacial score (nSPS) is 9.22. The molecule has 0 fully saturated rings. The van der Waals surface area contributed by atoms with E-state index in [9.17, 15) is 4.79 Å². The van der Waals surface area contributed by atoms with Crippen molar-refractivity contribution in [2.45, 2.75) is 6.92 Å². The van der Waals surface area contributed by atoms with E-state index in [-0.39, 0.29) is 11.3 Å². The van der Waals surface area contributed by atoms with Crippen LogP contribution in [0.4, 0.5) is 4.79 Å². The molecule has 0 radical (unpaired) electrons. The maximum Gasteiger partial charge on any atom is 0.412 e. The third-order valence-corrected chi connectivity index (χ3v) is 2.13. The Morgan fingerprint density at radius 2 is 1.89 bits per heavy atom. The molecule has 0 saturated heterocycles. The largest absolute Gasteiger partial charge is 0.493 e. The van der Waals surface area contributed by atoms with Crippen LogP contribution in [0.1, 0.15) is 12.5 Å². The van der Waals surface area contributed by atoms with Crippen LogP contribution in [0.15, 0.2) is 12.1 Å². The molecular formula is C12H14N2O4. The van der Waals surface area contributed by atoms with E-state index in [0.29, 0.717) is 18.0 Å². The Bertz CT molecular complexity index is 480. The van der Waals surface area contributed by atoms with Crippen LogP contribution in [-0.4, -0.2) is 26.9 Å². The van der Waals surface area contributed by atoms with Gasteiger partial charge in [0.15, 0.2) is 17.2 Å². The summed E-state index contributed by atoms with van der Waals surface area (Å²) in [4.78, 5) is 11.3. The van der Waals surface area contributed by atoms with Crippen molar-refractivity contribution in [1.82, 2.24) is 5.32 Å². The third-order valence-electron chi connectivity index (χ3n) is 2.13. The molecule has 1 amide bonds. The number of carbonyl (C=O) groups is 1. The van der Waals surface area contributed by atoms with E-state index in [1.54, 1.807) is 6.92 Å². The molecule has 1 aromatic carbocycles. The number of benzene rings is 1. The monoisotopic (exact) mass is 250 g/mol. The molecule has 0 bridgehead atoms. The van der Waals surface area contributed by atoms with Crippen molar-refractivity contribution in [3.05, 3.63) is 17.7 Å². The lowest BCUT2D eigenvalue weighted by atomic mass is 10.2. The summed E-state index contributed by atoms with van der Waals surface area (Å²) in [5.74, 6) is 0.911. The van der Waals surface area contributed by atoms with Gasteiger partial charge in [0.05, 0.1) is 19.8 Å². The van der Waals surface area contributed by atoms with Crippen LogP contribution in [0.2, 0.25) is 0 Å². The van der Waals surface area contributed by atoms with E-state index >= 15 is 0 Å². The molecule has 1 rings (SSSR count). The third kappa shape index (κ3) is 3.04. The summed E-state index contributed by atoms with van der Waals surface area (Å²) >= 11 is 0. The van der Waals surface area contributed by atoms with Gasteiger partial charge in [-0.3, -0.25) is 0 Å². The lowest BCUT2D eigenvalue weighted by Crippen LogP contribution is -2.26. The maximum atomic E-state index is 11.3. The number of methoxy groups -OCH3 is 2. The van der Waals surface area contributed by atoms with E-state index in [1.165, 1.54) is 26.4 Å². The van der Waals surface area contributed by atoms with Gasteiger partial charge in [-0.05, 0) is 6.92 Å². The molecule has 0 atom stereocenters. The molecule has 0 aliphatic heterocycles. The number of nitrogens with zero attached hydrogens (tertiary/aromatic N) is 1. The zero-order valence-electron chi connectivity index (χ0n) is 10.4. The summed E-state index contributed by atoms with van der Waals surface area (Å²) in [5.41, 5.74) is 0.193. The summed E-state index contributed by atoms with van der Waals surface area (Å²) in [6.45, 7) is 2.20. The number of hydrogen-bond donors (Lipinski definition) is 1. The molecule has 6 heteroatoms. The predicted molar refractivity (Wildman–Crippen MR) is 64.0 cm³/mol. The van der Waals surface area contributed by atoms with Gasteiger partial charge < -0.3 is 19.5 Å². The average molecular weight is 250 g/mol. The zero-order chi connectivity index (χ0) is 13.5. The molecule has 0 aromatic heterocycles. The van der Waals surface area contributed by atoms with Crippen LogP contribution in [0, 0.1) is 11.3 Å². The van der Waals surface area contributed by atoms with E-state index in [0.717, 1.165) is 0 Å². The minimum absolute atomic E-state index is 0.126. The van der Waals surface area contributed by atoms with Crippen molar-refractivity contribution in [2.75, 3.05) is 20.8 Å². The van der Waals surface area contributed by atoms with Crippen LogP contribution in [0.3, 0.4) is 0 Å². The molecule has 1 N–H and O–H groups in total. The van der Waals surface area contributed by atoms with Crippen molar-refractivity contribution >= 4 is 6.09 Å². The van der Waals surface area contributed by atoms with Crippen molar-refractivity contribution in [1.29, 1.82) is 5.26 Å². The van der Waals surface area contributed by atoms with E-state index < -0.39 is 6.09 Å². The van der Waals surface area contributed by atoms with Gasteiger partial charge in [-0.1, -0.05) is 0 Å². The number of hydrogen-bond acceptors (Lipinski definition) is 5. The van der Waals surface area contributed by atoms with Crippen molar-refractivity contribution in [2.24, 2.45) is 0 Å². The highest BCUT2D eigenvalue weighted by atomic mass is 16.6. The van der Waals surface area contributed by atoms with Crippen LogP contribution < -0.4 is 19.5 Å². The van der Waals surface area contributed by atoms with E-state index in [4.69, 9.17) is 19.5 Å². The van der Waals surface area contributed by atoms with Gasteiger partial charge in [-0.15, -0.1) is 0 Å². The van der Waals surface area contributed by atoms with Gasteiger partial charge in [0.1, 0.15) is 6.07 Å². The summed E-state index contributed by atoms with van der Waals surface area (Å²) in [6, 6.07) is 4.82. The standard InChI is InChI=1S/C12H14N2O4/c1-4-14-12(15)18-9-6-11(17-3)10(16-2)5-8(9)7-13/h5-6H,4H2,1-3H3,(H,14,15). The summed E-state index contributed by atoms with van der Waals surface area (Å²) in [6.07, 6.45) is -0.624. The fourth-order valence-electron chi connectivity index (χ4n) is 1.31. The second-order valence-corrected chi connectivity index (χ2v) is 3.24. The van der Waals surface area contributed by atoms with Crippen LogP contribution in [-0.2, 0) is 0 Å².